The lowest BCUT2D eigenvalue weighted by atomic mass is 10.1. The number of nitrogens with one attached hydrogen (secondary N) is 1. The van der Waals surface area contributed by atoms with Crippen molar-refractivity contribution in [1.82, 2.24) is 29.9 Å². The van der Waals surface area contributed by atoms with Crippen LogP contribution in [0, 0.1) is 13.8 Å². The van der Waals surface area contributed by atoms with Gasteiger partial charge in [-0.05, 0) is 38.7 Å². The second-order valence-electron chi connectivity index (χ2n) is 5.59. The minimum atomic E-state index is 0.181. The van der Waals surface area contributed by atoms with Crippen LogP contribution >= 0.6 is 0 Å². The molecule has 2 aromatic heterocycles. The van der Waals surface area contributed by atoms with Crippen LogP contribution < -0.4 is 0 Å². The minimum absolute atomic E-state index is 0.181. The average molecular weight is 304 g/mol. The third-order valence-corrected chi connectivity index (χ3v) is 3.87. The van der Waals surface area contributed by atoms with Crippen molar-refractivity contribution in [3.63, 3.8) is 0 Å². The van der Waals surface area contributed by atoms with Crippen molar-refractivity contribution in [3.05, 3.63) is 29.6 Å². The Morgan fingerprint density at radius 3 is 2.82 bits per heavy atom. The van der Waals surface area contributed by atoms with Gasteiger partial charge in [-0.1, -0.05) is 0 Å². The van der Waals surface area contributed by atoms with Crippen LogP contribution in [0.2, 0.25) is 0 Å². The molecule has 2 heterocycles. The topological polar surface area (TPSA) is 79.7 Å². The quantitative estimate of drug-likeness (QED) is 0.801. The number of aryl methyl sites for hydroxylation is 3. The van der Waals surface area contributed by atoms with Gasteiger partial charge in [-0.3, -0.25) is 14.6 Å². The second kappa shape index (κ2) is 7.72. The first-order valence-corrected chi connectivity index (χ1v) is 7.64. The first kappa shape index (κ1) is 16.2. The van der Waals surface area contributed by atoms with Crippen molar-refractivity contribution in [2.45, 2.75) is 46.1 Å². The summed E-state index contributed by atoms with van der Waals surface area (Å²) in [4.78, 5) is 17.8. The van der Waals surface area contributed by atoms with Gasteiger partial charge in [-0.15, -0.1) is 0 Å². The molecule has 0 aromatic carbocycles. The third-order valence-electron chi connectivity index (χ3n) is 3.87. The molecule has 2 aromatic rings. The van der Waals surface area contributed by atoms with Crippen LogP contribution in [0.3, 0.4) is 0 Å². The fraction of sp³-hybridized carbons (Fsp3) is 0.600. The molecule has 0 atom stereocenters. The molecule has 0 bridgehead atoms. The standard InChI is InChI=1S/C15H24N6O/c1-12-14(13(2)19-18-12)6-4-8-20(3)15(22)7-5-9-21-11-16-10-17-21/h10-11H,4-9H2,1-3H3,(H,18,19). The van der Waals surface area contributed by atoms with E-state index in [0.717, 1.165) is 43.7 Å². The maximum atomic E-state index is 12.1. The molecule has 2 rings (SSSR count). The fourth-order valence-electron chi connectivity index (χ4n) is 2.49. The highest BCUT2D eigenvalue weighted by atomic mass is 16.2. The zero-order valence-corrected chi connectivity index (χ0v) is 13.5. The monoisotopic (exact) mass is 304 g/mol. The van der Waals surface area contributed by atoms with E-state index in [1.54, 1.807) is 11.0 Å². The van der Waals surface area contributed by atoms with Crippen molar-refractivity contribution >= 4 is 5.91 Å². The zero-order valence-electron chi connectivity index (χ0n) is 13.5. The Labute approximate surface area is 130 Å². The Bertz CT molecular complexity index is 570. The number of hydrogen-bond acceptors (Lipinski definition) is 4. The van der Waals surface area contributed by atoms with E-state index in [-0.39, 0.29) is 5.91 Å². The molecule has 0 aliphatic rings. The summed E-state index contributed by atoms with van der Waals surface area (Å²) in [5.41, 5.74) is 3.45. The van der Waals surface area contributed by atoms with E-state index < -0.39 is 0 Å². The summed E-state index contributed by atoms with van der Waals surface area (Å²) in [5.74, 6) is 0.181. The number of nitrogens with zero attached hydrogens (tertiary/aromatic N) is 5. The average Bonchev–Trinajstić information content (AvgIpc) is 3.11. The highest BCUT2D eigenvalue weighted by molar-refractivity contribution is 5.75. The van der Waals surface area contributed by atoms with Crippen LogP contribution in [0.1, 0.15) is 36.2 Å². The lowest BCUT2D eigenvalue weighted by molar-refractivity contribution is -0.130. The summed E-state index contributed by atoms with van der Waals surface area (Å²) in [5, 5.41) is 11.2. The van der Waals surface area contributed by atoms with Gasteiger partial charge < -0.3 is 4.90 Å². The van der Waals surface area contributed by atoms with E-state index >= 15 is 0 Å². The number of hydrogen-bond donors (Lipinski definition) is 1. The SMILES string of the molecule is Cc1n[nH]c(C)c1CCCN(C)C(=O)CCCn1cncn1. The fourth-order valence-corrected chi connectivity index (χ4v) is 2.49. The number of H-pyrrole nitrogens is 1. The van der Waals surface area contributed by atoms with E-state index in [9.17, 15) is 4.79 Å². The zero-order chi connectivity index (χ0) is 15.9. The van der Waals surface area contributed by atoms with Crippen molar-refractivity contribution in [2.75, 3.05) is 13.6 Å². The Balaban J connectivity index is 1.66. The van der Waals surface area contributed by atoms with Gasteiger partial charge in [0.15, 0.2) is 0 Å². The smallest absolute Gasteiger partial charge is 0.222 e. The molecule has 7 nitrogen and oxygen atoms in total. The van der Waals surface area contributed by atoms with Crippen LogP contribution in [0.25, 0.3) is 0 Å². The summed E-state index contributed by atoms with van der Waals surface area (Å²) in [6.07, 6.45) is 6.40. The van der Waals surface area contributed by atoms with Gasteiger partial charge >= 0.3 is 0 Å². The largest absolute Gasteiger partial charge is 0.346 e. The molecule has 22 heavy (non-hydrogen) atoms. The predicted octanol–water partition coefficient (Wildman–Crippen LogP) is 1.49. The molecule has 0 saturated heterocycles. The van der Waals surface area contributed by atoms with Crippen LogP contribution in [0.4, 0.5) is 0 Å². The van der Waals surface area contributed by atoms with E-state index in [2.05, 4.69) is 20.3 Å². The maximum Gasteiger partial charge on any atom is 0.222 e. The molecule has 1 amide bonds. The number of aromatic nitrogens is 5. The second-order valence-corrected chi connectivity index (χ2v) is 5.59. The summed E-state index contributed by atoms with van der Waals surface area (Å²) < 4.78 is 1.75. The lowest BCUT2D eigenvalue weighted by Gasteiger charge is -2.17. The van der Waals surface area contributed by atoms with E-state index in [0.29, 0.717) is 6.42 Å². The molecule has 0 spiro atoms. The van der Waals surface area contributed by atoms with Crippen molar-refractivity contribution < 1.29 is 4.79 Å². The number of carbonyl (C=O) groups excluding carboxylic acids is 1. The number of aromatic amines is 1. The van der Waals surface area contributed by atoms with Gasteiger partial charge in [-0.25, -0.2) is 4.98 Å². The van der Waals surface area contributed by atoms with Gasteiger partial charge in [0.1, 0.15) is 12.7 Å². The van der Waals surface area contributed by atoms with E-state index in [4.69, 9.17) is 0 Å². The van der Waals surface area contributed by atoms with Crippen molar-refractivity contribution in [1.29, 1.82) is 0 Å². The highest BCUT2D eigenvalue weighted by Gasteiger charge is 2.10. The van der Waals surface area contributed by atoms with Gasteiger partial charge in [-0.2, -0.15) is 10.2 Å². The Morgan fingerprint density at radius 1 is 1.36 bits per heavy atom. The summed E-state index contributed by atoms with van der Waals surface area (Å²) >= 11 is 0. The molecule has 0 aliphatic heterocycles. The van der Waals surface area contributed by atoms with Crippen LogP contribution in [0.15, 0.2) is 12.7 Å². The predicted molar refractivity (Wildman–Crippen MR) is 83.3 cm³/mol. The number of rotatable bonds is 8. The summed E-state index contributed by atoms with van der Waals surface area (Å²) in [6.45, 7) is 5.55. The maximum absolute atomic E-state index is 12.1. The Hall–Kier alpha value is -2.18. The first-order chi connectivity index (χ1) is 10.6. The van der Waals surface area contributed by atoms with Gasteiger partial charge in [0.2, 0.25) is 5.91 Å². The first-order valence-electron chi connectivity index (χ1n) is 7.64. The molecule has 7 heteroatoms. The van der Waals surface area contributed by atoms with Gasteiger partial charge in [0.25, 0.3) is 0 Å². The van der Waals surface area contributed by atoms with E-state index in [1.165, 1.54) is 11.9 Å². The number of amides is 1. The number of carbonyl (C=O) groups is 1. The van der Waals surface area contributed by atoms with Gasteiger partial charge in [0.05, 0.1) is 5.69 Å². The van der Waals surface area contributed by atoms with Gasteiger partial charge in [0, 0.05) is 32.3 Å². The third kappa shape index (κ3) is 4.41. The molecule has 0 radical (unpaired) electrons. The molecule has 120 valence electrons. The molecule has 1 N–H and O–H groups in total. The Morgan fingerprint density at radius 2 is 2.18 bits per heavy atom. The highest BCUT2D eigenvalue weighted by Crippen LogP contribution is 2.12. The lowest BCUT2D eigenvalue weighted by Crippen LogP contribution is -2.28. The summed E-state index contributed by atoms with van der Waals surface area (Å²) in [6, 6.07) is 0. The van der Waals surface area contributed by atoms with E-state index in [1.807, 2.05) is 25.8 Å². The molecule has 0 saturated carbocycles. The molecular formula is C15H24N6O. The van der Waals surface area contributed by atoms with Crippen LogP contribution in [0.5, 0.6) is 0 Å². The minimum Gasteiger partial charge on any atom is -0.346 e. The van der Waals surface area contributed by atoms with Crippen molar-refractivity contribution in [3.8, 4) is 0 Å². The molecule has 0 fully saturated rings. The molecular weight excluding hydrogens is 280 g/mol. The Kier molecular flexibility index (Phi) is 5.68. The van der Waals surface area contributed by atoms with Crippen LogP contribution in [-0.2, 0) is 17.8 Å². The summed E-state index contributed by atoms with van der Waals surface area (Å²) in [7, 11) is 1.87. The molecule has 0 unspecified atom stereocenters. The van der Waals surface area contributed by atoms with Crippen LogP contribution in [-0.4, -0.2) is 49.4 Å². The van der Waals surface area contributed by atoms with Crippen molar-refractivity contribution in [2.24, 2.45) is 0 Å². The normalized spacial score (nSPS) is 10.9. The molecule has 0 aliphatic carbocycles.